The van der Waals surface area contributed by atoms with E-state index in [9.17, 15) is 20.4 Å². The zero-order valence-electron chi connectivity index (χ0n) is 23.1. The fraction of sp³-hybridized carbons (Fsp3) is 0.500. The molecule has 3 aromatic rings. The smallest absolute Gasteiger partial charge is 0.200 e. The molecule has 39 heavy (non-hydrogen) atoms. The molecule has 1 saturated heterocycles. The molecule has 1 aliphatic heterocycles. The van der Waals surface area contributed by atoms with E-state index in [4.69, 9.17) is 9.47 Å². The summed E-state index contributed by atoms with van der Waals surface area (Å²) in [5.74, 6) is 0.921. The van der Waals surface area contributed by atoms with Crippen LogP contribution >= 0.6 is 0 Å². The van der Waals surface area contributed by atoms with Gasteiger partial charge in [0, 0.05) is 36.7 Å². The van der Waals surface area contributed by atoms with E-state index in [-0.39, 0.29) is 35.2 Å². The number of methoxy groups -OCH3 is 1. The number of rotatable bonds is 8. The van der Waals surface area contributed by atoms with Crippen LogP contribution in [0.1, 0.15) is 85.8 Å². The highest BCUT2D eigenvalue weighted by molar-refractivity contribution is 5.59. The van der Waals surface area contributed by atoms with Gasteiger partial charge in [0.2, 0.25) is 5.75 Å². The Morgan fingerprint density at radius 1 is 1.05 bits per heavy atom. The Morgan fingerprint density at radius 3 is 2.59 bits per heavy atom. The van der Waals surface area contributed by atoms with E-state index in [2.05, 4.69) is 24.9 Å². The first-order valence-corrected chi connectivity index (χ1v) is 14.1. The van der Waals surface area contributed by atoms with Gasteiger partial charge in [0.15, 0.2) is 11.5 Å². The zero-order chi connectivity index (χ0) is 27.7. The molecule has 5 rings (SSSR count). The molecule has 7 nitrogen and oxygen atoms in total. The number of aromatic hydroxyl groups is 3. The molecular formula is C32H41NO6. The molecular weight excluding hydrogens is 494 g/mol. The molecule has 7 heteroatoms. The number of hydrogen-bond acceptors (Lipinski definition) is 6. The van der Waals surface area contributed by atoms with Crippen molar-refractivity contribution in [3.05, 3.63) is 70.5 Å². The Hall–Kier alpha value is -3.16. The highest BCUT2D eigenvalue weighted by Gasteiger charge is 2.43. The van der Waals surface area contributed by atoms with E-state index < -0.39 is 12.2 Å². The number of aromatic nitrogens is 1. The monoisotopic (exact) mass is 535 g/mol. The van der Waals surface area contributed by atoms with Gasteiger partial charge < -0.3 is 34.9 Å². The van der Waals surface area contributed by atoms with Gasteiger partial charge in [-0.05, 0) is 84.4 Å². The van der Waals surface area contributed by atoms with Crippen molar-refractivity contribution in [3.63, 3.8) is 0 Å². The summed E-state index contributed by atoms with van der Waals surface area (Å²) >= 11 is 0. The van der Waals surface area contributed by atoms with Crippen LogP contribution in [0.3, 0.4) is 0 Å². The standard InChI is InChI=1S/C32H41NO6/c1-18(2)4-5-22-13-20(7-9-26(22)34)21-6-8-23-27(35)16-30(39-29(23)14-21)24-15-28(36)31(37)32(38-3)25(24)12-19-10-11-33-17-19/h7,9-11,13,15,17-18,21,23,27,29-30,33-37H,4-6,8,12,14,16H2,1-3H3. The first kappa shape index (κ1) is 27.4. The minimum Gasteiger partial charge on any atom is -0.508 e. The predicted octanol–water partition coefficient (Wildman–Crippen LogP) is 6.09. The van der Waals surface area contributed by atoms with Gasteiger partial charge in [0.25, 0.3) is 0 Å². The van der Waals surface area contributed by atoms with Gasteiger partial charge in [-0.15, -0.1) is 0 Å². The van der Waals surface area contributed by atoms with Crippen molar-refractivity contribution in [2.75, 3.05) is 7.11 Å². The molecule has 1 aromatic heterocycles. The second-order valence-electron chi connectivity index (χ2n) is 11.7. The fourth-order valence-electron chi connectivity index (χ4n) is 6.47. The first-order chi connectivity index (χ1) is 18.7. The lowest BCUT2D eigenvalue weighted by Crippen LogP contribution is -2.44. The number of hydrogen-bond donors (Lipinski definition) is 5. The summed E-state index contributed by atoms with van der Waals surface area (Å²) in [4.78, 5) is 3.06. The lowest BCUT2D eigenvalue weighted by atomic mass is 9.71. The SMILES string of the molecule is COc1c(O)c(O)cc(C2CC(O)C3CCC(c4ccc(O)c(CCC(C)C)c4)CC3O2)c1Cc1cc[nH]c1. The van der Waals surface area contributed by atoms with Gasteiger partial charge in [-0.1, -0.05) is 26.0 Å². The van der Waals surface area contributed by atoms with E-state index in [1.54, 1.807) is 6.07 Å². The van der Waals surface area contributed by atoms with Crippen LogP contribution in [-0.2, 0) is 17.6 Å². The van der Waals surface area contributed by atoms with Crippen LogP contribution < -0.4 is 4.74 Å². The molecule has 1 saturated carbocycles. The maximum absolute atomic E-state index is 11.2. The number of aromatic amines is 1. The van der Waals surface area contributed by atoms with Crippen molar-refractivity contribution < 1.29 is 29.9 Å². The fourth-order valence-corrected chi connectivity index (χ4v) is 6.47. The molecule has 0 bridgehead atoms. The summed E-state index contributed by atoms with van der Waals surface area (Å²) in [5.41, 5.74) is 4.67. The molecule has 1 aliphatic carbocycles. The predicted molar refractivity (Wildman–Crippen MR) is 150 cm³/mol. The minimum atomic E-state index is -0.529. The molecule has 0 radical (unpaired) electrons. The number of nitrogens with one attached hydrogen (secondary N) is 1. The van der Waals surface area contributed by atoms with Crippen LogP contribution in [0.25, 0.3) is 0 Å². The quantitative estimate of drug-likeness (QED) is 0.223. The summed E-state index contributed by atoms with van der Waals surface area (Å²) < 4.78 is 12.3. The Bertz CT molecular complexity index is 1270. The van der Waals surface area contributed by atoms with E-state index in [0.717, 1.165) is 54.4 Å². The normalized spacial score (nSPS) is 25.0. The zero-order valence-corrected chi connectivity index (χ0v) is 23.1. The number of aliphatic hydroxyl groups excluding tert-OH is 1. The summed E-state index contributed by atoms with van der Waals surface area (Å²) in [6.07, 6.45) is 7.99. The van der Waals surface area contributed by atoms with Crippen LogP contribution in [0.4, 0.5) is 0 Å². The maximum atomic E-state index is 11.2. The van der Waals surface area contributed by atoms with Crippen molar-refractivity contribution in [1.29, 1.82) is 0 Å². The number of phenolic OH excluding ortho intramolecular Hbond substituents is 3. The number of fused-ring (bicyclic) bond motifs is 1. The molecule has 2 heterocycles. The van der Waals surface area contributed by atoms with Crippen LogP contribution in [0.15, 0.2) is 42.7 Å². The van der Waals surface area contributed by atoms with Crippen molar-refractivity contribution in [2.24, 2.45) is 11.8 Å². The largest absolute Gasteiger partial charge is 0.508 e. The van der Waals surface area contributed by atoms with Gasteiger partial charge in [0.05, 0.1) is 25.4 Å². The number of aliphatic hydroxyl groups is 1. The lowest BCUT2D eigenvalue weighted by Gasteiger charge is -2.45. The van der Waals surface area contributed by atoms with Gasteiger partial charge in [-0.2, -0.15) is 0 Å². The van der Waals surface area contributed by atoms with E-state index in [1.165, 1.54) is 12.7 Å². The lowest BCUT2D eigenvalue weighted by molar-refractivity contribution is -0.154. The van der Waals surface area contributed by atoms with E-state index >= 15 is 0 Å². The number of phenols is 3. The summed E-state index contributed by atoms with van der Waals surface area (Å²) in [5, 5.41) is 42.7. The number of H-pyrrole nitrogens is 1. The second kappa shape index (κ2) is 11.5. The van der Waals surface area contributed by atoms with Crippen LogP contribution in [0.2, 0.25) is 0 Å². The first-order valence-electron chi connectivity index (χ1n) is 14.1. The van der Waals surface area contributed by atoms with Gasteiger partial charge >= 0.3 is 0 Å². The van der Waals surface area contributed by atoms with Crippen molar-refractivity contribution in [2.45, 2.75) is 83.0 Å². The topological polar surface area (TPSA) is 115 Å². The molecule has 2 aromatic carbocycles. The van der Waals surface area contributed by atoms with Gasteiger partial charge in [-0.3, -0.25) is 0 Å². The molecule has 5 atom stereocenters. The van der Waals surface area contributed by atoms with E-state index in [1.807, 2.05) is 30.6 Å². The average Bonchev–Trinajstić information content (AvgIpc) is 3.43. The van der Waals surface area contributed by atoms with Gasteiger partial charge in [-0.25, -0.2) is 0 Å². The molecule has 0 amide bonds. The summed E-state index contributed by atoms with van der Waals surface area (Å²) in [7, 11) is 1.48. The number of ether oxygens (including phenoxy) is 2. The Labute approximate surface area is 230 Å². The molecule has 2 aliphatic rings. The third kappa shape index (κ3) is 5.75. The Kier molecular flexibility index (Phi) is 8.10. The molecule has 2 fully saturated rings. The third-order valence-electron chi connectivity index (χ3n) is 8.66. The average molecular weight is 536 g/mol. The van der Waals surface area contributed by atoms with E-state index in [0.29, 0.717) is 24.5 Å². The Balaban J connectivity index is 1.41. The molecule has 210 valence electrons. The number of aryl methyl sites for hydroxylation is 1. The maximum Gasteiger partial charge on any atom is 0.200 e. The van der Waals surface area contributed by atoms with Crippen LogP contribution in [0, 0.1) is 11.8 Å². The molecule has 0 spiro atoms. The summed E-state index contributed by atoms with van der Waals surface area (Å²) in [6, 6.07) is 9.50. The highest BCUT2D eigenvalue weighted by atomic mass is 16.5. The highest BCUT2D eigenvalue weighted by Crippen LogP contribution is 2.50. The Morgan fingerprint density at radius 2 is 1.87 bits per heavy atom. The van der Waals surface area contributed by atoms with Crippen LogP contribution in [0.5, 0.6) is 23.0 Å². The molecule has 5 unspecified atom stereocenters. The van der Waals surface area contributed by atoms with Crippen molar-refractivity contribution in [3.8, 4) is 23.0 Å². The third-order valence-corrected chi connectivity index (χ3v) is 8.66. The second-order valence-corrected chi connectivity index (χ2v) is 11.7. The minimum absolute atomic E-state index is 0.0516. The van der Waals surface area contributed by atoms with Crippen molar-refractivity contribution in [1.82, 2.24) is 4.98 Å². The van der Waals surface area contributed by atoms with Crippen molar-refractivity contribution >= 4 is 0 Å². The number of benzene rings is 2. The molecule has 5 N–H and O–H groups in total. The van der Waals surface area contributed by atoms with Crippen LogP contribution in [-0.4, -0.2) is 44.7 Å². The van der Waals surface area contributed by atoms with Gasteiger partial charge in [0.1, 0.15) is 5.75 Å². The summed E-state index contributed by atoms with van der Waals surface area (Å²) in [6.45, 7) is 4.38.